The van der Waals surface area contributed by atoms with Gasteiger partial charge in [-0.05, 0) is 31.9 Å². The van der Waals surface area contributed by atoms with Crippen LogP contribution in [0.2, 0.25) is 0 Å². The standard InChI is InChI=1S/C9H12O2S.C2H6/c1-6-4-7(2)9(12(10)11)8(3)5-6;1-2/h4-5H,1-3H3,(H,10,11);1-2H3. The molecule has 0 saturated carbocycles. The lowest BCUT2D eigenvalue weighted by molar-refractivity contribution is 0.563. The molecule has 80 valence electrons. The molecule has 0 amide bonds. The molecule has 0 aliphatic heterocycles. The monoisotopic (exact) mass is 214 g/mol. The highest BCUT2D eigenvalue weighted by molar-refractivity contribution is 7.79. The van der Waals surface area contributed by atoms with E-state index in [0.29, 0.717) is 4.90 Å². The minimum Gasteiger partial charge on any atom is -0.302 e. The lowest BCUT2D eigenvalue weighted by atomic mass is 10.1. The van der Waals surface area contributed by atoms with Crippen LogP contribution in [-0.4, -0.2) is 8.76 Å². The van der Waals surface area contributed by atoms with Crippen LogP contribution < -0.4 is 0 Å². The van der Waals surface area contributed by atoms with Gasteiger partial charge in [-0.25, -0.2) is 4.21 Å². The number of hydrogen-bond donors (Lipinski definition) is 1. The maximum absolute atomic E-state index is 10.9. The van der Waals surface area contributed by atoms with E-state index in [4.69, 9.17) is 4.55 Å². The Kier molecular flexibility index (Phi) is 5.65. The van der Waals surface area contributed by atoms with Crippen LogP contribution in [-0.2, 0) is 11.1 Å². The van der Waals surface area contributed by atoms with Crippen molar-refractivity contribution >= 4 is 11.1 Å². The van der Waals surface area contributed by atoms with Gasteiger partial charge in [-0.3, -0.25) is 0 Å². The van der Waals surface area contributed by atoms with Crippen molar-refractivity contribution in [3.8, 4) is 0 Å². The van der Waals surface area contributed by atoms with Crippen molar-refractivity contribution < 1.29 is 8.76 Å². The van der Waals surface area contributed by atoms with Crippen LogP contribution in [0.3, 0.4) is 0 Å². The molecule has 0 bridgehead atoms. The smallest absolute Gasteiger partial charge is 0.187 e. The molecule has 1 rings (SSSR count). The fourth-order valence-corrected chi connectivity index (χ4v) is 2.11. The summed E-state index contributed by atoms with van der Waals surface area (Å²) >= 11 is -1.86. The molecule has 0 fully saturated rings. The van der Waals surface area contributed by atoms with E-state index >= 15 is 0 Å². The fraction of sp³-hybridized carbons (Fsp3) is 0.455. The Labute approximate surface area is 88.6 Å². The third-order valence-corrected chi connectivity index (χ3v) is 2.77. The topological polar surface area (TPSA) is 37.3 Å². The average Bonchev–Trinajstić information content (AvgIpc) is 2.04. The Morgan fingerprint density at radius 2 is 1.43 bits per heavy atom. The van der Waals surface area contributed by atoms with Gasteiger partial charge in [-0.2, -0.15) is 0 Å². The molecular weight excluding hydrogens is 196 g/mol. The zero-order valence-electron chi connectivity index (χ0n) is 9.42. The molecule has 0 saturated heterocycles. The van der Waals surface area contributed by atoms with Crippen LogP contribution in [0, 0.1) is 20.8 Å². The third kappa shape index (κ3) is 3.24. The summed E-state index contributed by atoms with van der Waals surface area (Å²) in [5.74, 6) is 0. The van der Waals surface area contributed by atoms with Crippen LogP contribution in [0.5, 0.6) is 0 Å². The summed E-state index contributed by atoms with van der Waals surface area (Å²) in [5.41, 5.74) is 2.89. The van der Waals surface area contributed by atoms with E-state index in [2.05, 4.69) is 0 Å². The fourth-order valence-electron chi connectivity index (χ4n) is 1.44. The van der Waals surface area contributed by atoms with Crippen molar-refractivity contribution in [2.75, 3.05) is 0 Å². The van der Waals surface area contributed by atoms with Crippen LogP contribution in [0.25, 0.3) is 0 Å². The van der Waals surface area contributed by atoms with Gasteiger partial charge in [-0.15, -0.1) is 0 Å². The Balaban J connectivity index is 0.000000791. The number of hydrogen-bond acceptors (Lipinski definition) is 1. The van der Waals surface area contributed by atoms with E-state index in [9.17, 15) is 4.21 Å². The SMILES string of the molecule is CC.Cc1cc(C)c(S(=O)O)c(C)c1. The molecule has 1 aromatic carbocycles. The van der Waals surface area contributed by atoms with E-state index in [0.717, 1.165) is 16.7 Å². The molecule has 0 spiro atoms. The first kappa shape index (κ1) is 13.3. The summed E-state index contributed by atoms with van der Waals surface area (Å²) in [6.45, 7) is 9.68. The average molecular weight is 214 g/mol. The number of benzene rings is 1. The molecule has 0 aromatic heterocycles. The molecule has 0 radical (unpaired) electrons. The van der Waals surface area contributed by atoms with Crippen molar-refractivity contribution in [3.63, 3.8) is 0 Å². The lowest BCUT2D eigenvalue weighted by Gasteiger charge is -2.06. The largest absolute Gasteiger partial charge is 0.302 e. The molecule has 0 heterocycles. The molecule has 1 N–H and O–H groups in total. The summed E-state index contributed by atoms with van der Waals surface area (Å²) in [6, 6.07) is 3.83. The molecule has 14 heavy (non-hydrogen) atoms. The molecule has 2 nitrogen and oxygen atoms in total. The molecular formula is C11H18O2S. The first-order valence-corrected chi connectivity index (χ1v) is 5.81. The van der Waals surface area contributed by atoms with E-state index in [-0.39, 0.29) is 0 Å². The Morgan fingerprint density at radius 1 is 1.07 bits per heavy atom. The van der Waals surface area contributed by atoms with Crippen LogP contribution in [0.4, 0.5) is 0 Å². The normalized spacial score (nSPS) is 11.6. The molecule has 1 atom stereocenters. The molecule has 0 aliphatic carbocycles. The van der Waals surface area contributed by atoms with Gasteiger partial charge >= 0.3 is 0 Å². The Bertz CT molecular complexity index is 309. The van der Waals surface area contributed by atoms with Crippen LogP contribution >= 0.6 is 0 Å². The van der Waals surface area contributed by atoms with Crippen molar-refractivity contribution in [2.24, 2.45) is 0 Å². The zero-order valence-corrected chi connectivity index (χ0v) is 10.2. The predicted molar refractivity (Wildman–Crippen MR) is 61.0 cm³/mol. The minimum atomic E-state index is -1.86. The molecule has 3 heteroatoms. The summed E-state index contributed by atoms with van der Waals surface area (Å²) in [7, 11) is 0. The van der Waals surface area contributed by atoms with Gasteiger partial charge in [0.05, 0.1) is 4.90 Å². The van der Waals surface area contributed by atoms with Gasteiger partial charge in [0, 0.05) is 0 Å². The second-order valence-electron chi connectivity index (χ2n) is 2.98. The quantitative estimate of drug-likeness (QED) is 0.729. The van der Waals surface area contributed by atoms with E-state index in [1.54, 1.807) is 0 Å². The Morgan fingerprint density at radius 3 is 1.71 bits per heavy atom. The van der Waals surface area contributed by atoms with Crippen molar-refractivity contribution in [3.05, 3.63) is 28.8 Å². The van der Waals surface area contributed by atoms with Gasteiger partial charge < -0.3 is 4.55 Å². The van der Waals surface area contributed by atoms with Gasteiger partial charge in [0.1, 0.15) is 0 Å². The van der Waals surface area contributed by atoms with Crippen LogP contribution in [0.1, 0.15) is 30.5 Å². The maximum Gasteiger partial charge on any atom is 0.187 e. The molecule has 1 aromatic rings. The maximum atomic E-state index is 10.9. The summed E-state index contributed by atoms with van der Waals surface area (Å²) < 4.78 is 19.8. The van der Waals surface area contributed by atoms with Gasteiger partial charge in [0.2, 0.25) is 0 Å². The first-order valence-electron chi connectivity index (χ1n) is 4.71. The van der Waals surface area contributed by atoms with Crippen LogP contribution in [0.15, 0.2) is 17.0 Å². The highest BCUT2D eigenvalue weighted by Gasteiger charge is 2.08. The highest BCUT2D eigenvalue weighted by Crippen LogP contribution is 2.18. The van der Waals surface area contributed by atoms with Crippen molar-refractivity contribution in [1.29, 1.82) is 0 Å². The van der Waals surface area contributed by atoms with Crippen molar-refractivity contribution in [2.45, 2.75) is 39.5 Å². The summed E-state index contributed by atoms with van der Waals surface area (Å²) in [5, 5.41) is 0. The summed E-state index contributed by atoms with van der Waals surface area (Å²) in [6.07, 6.45) is 0. The summed E-state index contributed by atoms with van der Waals surface area (Å²) in [4.78, 5) is 0.542. The van der Waals surface area contributed by atoms with E-state index < -0.39 is 11.1 Å². The minimum absolute atomic E-state index is 0.542. The molecule has 0 aliphatic rings. The molecule has 1 unspecified atom stereocenters. The lowest BCUT2D eigenvalue weighted by Crippen LogP contribution is -1.96. The third-order valence-electron chi connectivity index (χ3n) is 1.78. The first-order chi connectivity index (χ1) is 6.52. The number of rotatable bonds is 1. The van der Waals surface area contributed by atoms with Gasteiger partial charge in [-0.1, -0.05) is 31.5 Å². The Hall–Kier alpha value is -0.670. The highest BCUT2D eigenvalue weighted by atomic mass is 32.2. The second kappa shape index (κ2) is 5.94. The second-order valence-corrected chi connectivity index (χ2v) is 3.88. The van der Waals surface area contributed by atoms with Gasteiger partial charge in [0.15, 0.2) is 11.1 Å². The zero-order chi connectivity index (χ0) is 11.3. The van der Waals surface area contributed by atoms with Crippen molar-refractivity contribution in [1.82, 2.24) is 0 Å². The van der Waals surface area contributed by atoms with Gasteiger partial charge in [0.25, 0.3) is 0 Å². The van der Waals surface area contributed by atoms with E-state index in [1.165, 1.54) is 0 Å². The predicted octanol–water partition coefficient (Wildman–Crippen LogP) is 3.22. The van der Waals surface area contributed by atoms with E-state index in [1.807, 2.05) is 46.8 Å². The number of aryl methyl sites for hydroxylation is 3.